The van der Waals surface area contributed by atoms with Gasteiger partial charge in [-0.05, 0) is 18.2 Å². The Morgan fingerprint density at radius 3 is 2.56 bits per heavy atom. The van der Waals surface area contributed by atoms with Crippen LogP contribution >= 0.6 is 0 Å². The first kappa shape index (κ1) is 15.1. The highest BCUT2D eigenvalue weighted by Gasteiger charge is 2.42. The van der Waals surface area contributed by atoms with Crippen LogP contribution in [-0.4, -0.2) is 29.5 Å². The zero-order valence-corrected chi connectivity index (χ0v) is 12.8. The van der Waals surface area contributed by atoms with Gasteiger partial charge in [-0.25, -0.2) is 0 Å². The summed E-state index contributed by atoms with van der Waals surface area (Å²) >= 11 is 0. The van der Waals surface area contributed by atoms with Crippen molar-refractivity contribution in [1.82, 2.24) is 5.32 Å². The predicted molar refractivity (Wildman–Crippen MR) is 83.2 cm³/mol. The molecule has 25 heavy (non-hydrogen) atoms. The van der Waals surface area contributed by atoms with Gasteiger partial charge in [-0.1, -0.05) is 24.3 Å². The van der Waals surface area contributed by atoms with Gasteiger partial charge in [-0.3, -0.25) is 24.5 Å². The summed E-state index contributed by atoms with van der Waals surface area (Å²) < 4.78 is 11.0. The van der Waals surface area contributed by atoms with E-state index >= 15 is 0 Å². The van der Waals surface area contributed by atoms with Crippen molar-refractivity contribution in [1.29, 1.82) is 0 Å². The zero-order chi connectivity index (χ0) is 17.6. The van der Waals surface area contributed by atoms with Crippen molar-refractivity contribution >= 4 is 23.4 Å². The molecule has 4 rings (SSSR count). The molecule has 7 heteroatoms. The number of fused-ring (bicyclic) bond motifs is 2. The molecule has 2 heterocycles. The number of imide groups is 1. The monoisotopic (exact) mass is 337 g/mol. The van der Waals surface area contributed by atoms with E-state index in [0.29, 0.717) is 11.3 Å². The summed E-state index contributed by atoms with van der Waals surface area (Å²) in [6.45, 7) is 0.257. The molecule has 2 aromatic carbocycles. The van der Waals surface area contributed by atoms with Crippen LogP contribution in [0.3, 0.4) is 0 Å². The van der Waals surface area contributed by atoms with E-state index in [0.717, 1.165) is 5.56 Å². The molecule has 2 amide bonds. The van der Waals surface area contributed by atoms with Crippen LogP contribution < -0.4 is 14.8 Å². The number of carbonyl (C=O) groups excluding carboxylic acids is 4. The summed E-state index contributed by atoms with van der Waals surface area (Å²) in [6.07, 6.45) is -1.54. The summed E-state index contributed by atoms with van der Waals surface area (Å²) in [5.41, 5.74) is 1.55. The minimum Gasteiger partial charge on any atom is -0.488 e. The maximum atomic E-state index is 12.8. The van der Waals surface area contributed by atoms with E-state index in [2.05, 4.69) is 0 Å². The summed E-state index contributed by atoms with van der Waals surface area (Å²) in [7, 11) is 0. The molecule has 0 radical (unpaired) electrons. The Morgan fingerprint density at radius 2 is 1.80 bits per heavy atom. The Hall–Kier alpha value is -3.48. The van der Waals surface area contributed by atoms with Crippen LogP contribution in [-0.2, 0) is 21.0 Å². The van der Waals surface area contributed by atoms with Crippen LogP contribution in [0.4, 0.5) is 0 Å². The van der Waals surface area contributed by atoms with Crippen molar-refractivity contribution in [2.45, 2.75) is 12.7 Å². The Labute approximate surface area is 141 Å². The van der Waals surface area contributed by atoms with Crippen molar-refractivity contribution in [2.75, 3.05) is 0 Å². The maximum Gasteiger partial charge on any atom is 0.298 e. The van der Waals surface area contributed by atoms with Crippen molar-refractivity contribution in [3.05, 3.63) is 59.2 Å². The number of ether oxygens (including phenoxy) is 2. The molecule has 7 nitrogen and oxygen atoms in total. The van der Waals surface area contributed by atoms with Gasteiger partial charge in [0, 0.05) is 11.1 Å². The molecule has 1 saturated heterocycles. The van der Waals surface area contributed by atoms with Gasteiger partial charge in [0.2, 0.25) is 6.10 Å². The first-order valence-corrected chi connectivity index (χ1v) is 7.50. The van der Waals surface area contributed by atoms with E-state index in [9.17, 15) is 19.2 Å². The Balaban J connectivity index is 1.69. The second-order valence-corrected chi connectivity index (χ2v) is 5.61. The SMILES string of the molecule is O=C1NC(=O)C(Oc2ccc3c(c2)C(=O)c2ccccc2CO3)C1=O. The van der Waals surface area contributed by atoms with Crippen LogP contribution in [0, 0.1) is 0 Å². The largest absolute Gasteiger partial charge is 0.488 e. The van der Waals surface area contributed by atoms with Crippen molar-refractivity contribution in [3.63, 3.8) is 0 Å². The third kappa shape index (κ3) is 2.46. The fourth-order valence-electron chi connectivity index (χ4n) is 2.77. The molecule has 0 aliphatic carbocycles. The molecule has 0 aromatic heterocycles. The first-order chi connectivity index (χ1) is 12.0. The standard InChI is InChI=1S/C18H11NO6/c20-14-11-4-2-1-3-9(11)8-24-13-6-5-10(7-12(13)14)25-16-15(21)17(22)19-18(16)23/h1-7,16H,8H2,(H,19,22,23). The fourth-order valence-corrected chi connectivity index (χ4v) is 2.77. The average Bonchev–Trinajstić information content (AvgIpc) is 2.78. The van der Waals surface area contributed by atoms with E-state index in [4.69, 9.17) is 9.47 Å². The van der Waals surface area contributed by atoms with E-state index < -0.39 is 23.7 Å². The first-order valence-electron chi connectivity index (χ1n) is 7.50. The molecule has 124 valence electrons. The lowest BCUT2D eigenvalue weighted by Crippen LogP contribution is -2.31. The van der Waals surface area contributed by atoms with Crippen LogP contribution in [0.5, 0.6) is 11.5 Å². The molecular weight excluding hydrogens is 326 g/mol. The van der Waals surface area contributed by atoms with Gasteiger partial charge in [-0.15, -0.1) is 0 Å². The highest BCUT2D eigenvalue weighted by Crippen LogP contribution is 2.31. The number of amides is 2. The highest BCUT2D eigenvalue weighted by molar-refractivity contribution is 6.49. The lowest BCUT2D eigenvalue weighted by molar-refractivity contribution is -0.138. The number of ketones is 2. The van der Waals surface area contributed by atoms with Gasteiger partial charge >= 0.3 is 0 Å². The molecule has 2 aromatic rings. The quantitative estimate of drug-likeness (QED) is 0.494. The molecular formula is C18H11NO6. The molecule has 0 bridgehead atoms. The lowest BCUT2D eigenvalue weighted by atomic mass is 9.99. The summed E-state index contributed by atoms with van der Waals surface area (Å²) in [5, 5.41) is 1.89. The van der Waals surface area contributed by atoms with E-state index in [1.807, 2.05) is 17.4 Å². The van der Waals surface area contributed by atoms with Crippen LogP contribution in [0.2, 0.25) is 0 Å². The highest BCUT2D eigenvalue weighted by atomic mass is 16.5. The van der Waals surface area contributed by atoms with Crippen molar-refractivity contribution in [2.24, 2.45) is 0 Å². The van der Waals surface area contributed by atoms with Crippen molar-refractivity contribution < 1.29 is 28.7 Å². The number of Topliss-reactive ketones (excluding diaryl/α,β-unsaturated/α-hetero) is 1. The topological polar surface area (TPSA) is 98.8 Å². The minimum atomic E-state index is -1.54. The second kappa shape index (κ2) is 5.55. The molecule has 1 N–H and O–H groups in total. The van der Waals surface area contributed by atoms with Crippen LogP contribution in [0.25, 0.3) is 0 Å². The van der Waals surface area contributed by atoms with E-state index in [-0.39, 0.29) is 23.7 Å². The second-order valence-electron chi connectivity index (χ2n) is 5.61. The van der Waals surface area contributed by atoms with E-state index in [1.165, 1.54) is 18.2 Å². The summed E-state index contributed by atoms with van der Waals surface area (Å²) in [6, 6.07) is 11.5. The van der Waals surface area contributed by atoms with Crippen LogP contribution in [0.1, 0.15) is 21.5 Å². The van der Waals surface area contributed by atoms with Gasteiger partial charge in [0.05, 0.1) is 5.56 Å². The predicted octanol–water partition coefficient (Wildman–Crippen LogP) is 0.783. The van der Waals surface area contributed by atoms with Gasteiger partial charge < -0.3 is 9.47 Å². The van der Waals surface area contributed by atoms with Gasteiger partial charge in [-0.2, -0.15) is 0 Å². The Kier molecular flexibility index (Phi) is 3.35. The van der Waals surface area contributed by atoms with Crippen molar-refractivity contribution in [3.8, 4) is 11.5 Å². The molecule has 1 atom stereocenters. The van der Waals surface area contributed by atoms with Gasteiger partial charge in [0.15, 0.2) is 5.78 Å². The Morgan fingerprint density at radius 1 is 1.00 bits per heavy atom. The smallest absolute Gasteiger partial charge is 0.298 e. The number of carbonyl (C=O) groups is 4. The normalized spacial score (nSPS) is 18.8. The molecule has 2 aliphatic rings. The molecule has 0 spiro atoms. The number of hydrogen-bond acceptors (Lipinski definition) is 6. The lowest BCUT2D eigenvalue weighted by Gasteiger charge is -2.12. The third-order valence-electron chi connectivity index (χ3n) is 4.03. The Bertz CT molecular complexity index is 948. The number of nitrogens with one attached hydrogen (secondary N) is 1. The summed E-state index contributed by atoms with van der Waals surface area (Å²) in [5.74, 6) is -2.53. The van der Waals surface area contributed by atoms with Gasteiger partial charge in [0.1, 0.15) is 18.1 Å². The number of hydrogen-bond donors (Lipinski definition) is 1. The number of benzene rings is 2. The third-order valence-corrected chi connectivity index (χ3v) is 4.03. The molecule has 1 fully saturated rings. The van der Waals surface area contributed by atoms with Crippen LogP contribution in [0.15, 0.2) is 42.5 Å². The average molecular weight is 337 g/mol. The van der Waals surface area contributed by atoms with E-state index in [1.54, 1.807) is 12.1 Å². The molecule has 2 aliphatic heterocycles. The summed E-state index contributed by atoms with van der Waals surface area (Å²) in [4.78, 5) is 47.2. The molecule has 1 unspecified atom stereocenters. The maximum absolute atomic E-state index is 12.8. The van der Waals surface area contributed by atoms with Gasteiger partial charge in [0.25, 0.3) is 17.6 Å². The minimum absolute atomic E-state index is 0.123. The fraction of sp³-hybridized carbons (Fsp3) is 0.111. The zero-order valence-electron chi connectivity index (χ0n) is 12.8. The molecule has 0 saturated carbocycles. The number of rotatable bonds is 2.